The molecule has 0 aliphatic carbocycles. The summed E-state index contributed by atoms with van der Waals surface area (Å²) in [6, 6.07) is 7.43. The number of ether oxygens (including phenoxy) is 1. The van der Waals surface area contributed by atoms with Gasteiger partial charge >= 0.3 is 5.97 Å². The van der Waals surface area contributed by atoms with Gasteiger partial charge in [0.1, 0.15) is 16.9 Å². The van der Waals surface area contributed by atoms with Crippen LogP contribution in [0.15, 0.2) is 28.7 Å². The van der Waals surface area contributed by atoms with Crippen molar-refractivity contribution in [2.45, 2.75) is 13.8 Å². The Bertz CT molecular complexity index is 892. The fourth-order valence-corrected chi connectivity index (χ4v) is 2.44. The van der Waals surface area contributed by atoms with E-state index in [1.165, 1.54) is 0 Å². The Morgan fingerprint density at radius 1 is 1.33 bits per heavy atom. The summed E-state index contributed by atoms with van der Waals surface area (Å²) in [6.45, 7) is 3.40. The van der Waals surface area contributed by atoms with Gasteiger partial charge in [-0.1, -0.05) is 12.1 Å². The first-order valence-corrected chi connectivity index (χ1v) is 7.33. The average molecular weight is 328 g/mol. The second-order valence-corrected chi connectivity index (χ2v) is 5.05. The summed E-state index contributed by atoms with van der Waals surface area (Å²) in [7, 11) is 0. The minimum absolute atomic E-state index is 0.0166. The van der Waals surface area contributed by atoms with Crippen molar-refractivity contribution in [3.63, 3.8) is 0 Å². The summed E-state index contributed by atoms with van der Waals surface area (Å²) in [6.07, 6.45) is 0. The number of imidazole rings is 1. The van der Waals surface area contributed by atoms with Crippen LogP contribution >= 0.6 is 0 Å². The first-order chi connectivity index (χ1) is 11.5. The maximum atomic E-state index is 12.1. The van der Waals surface area contributed by atoms with Crippen LogP contribution in [0, 0.1) is 6.92 Å². The molecule has 8 heteroatoms. The first-order valence-electron chi connectivity index (χ1n) is 7.33. The lowest BCUT2D eigenvalue weighted by atomic mass is 10.1. The van der Waals surface area contributed by atoms with E-state index in [9.17, 15) is 9.59 Å². The van der Waals surface area contributed by atoms with Crippen molar-refractivity contribution in [3.05, 3.63) is 41.2 Å². The van der Waals surface area contributed by atoms with E-state index < -0.39 is 11.9 Å². The van der Waals surface area contributed by atoms with E-state index in [0.717, 1.165) is 11.0 Å². The summed E-state index contributed by atoms with van der Waals surface area (Å²) in [4.78, 5) is 31.2. The number of primary amides is 1. The van der Waals surface area contributed by atoms with E-state index >= 15 is 0 Å². The number of para-hydroxylation sites is 2. The highest BCUT2D eigenvalue weighted by molar-refractivity contribution is 6.09. The number of nitrogens with two attached hydrogens (primary N) is 1. The van der Waals surface area contributed by atoms with Crippen LogP contribution in [-0.2, 0) is 4.74 Å². The molecule has 1 aromatic carbocycles. The molecule has 2 aromatic heterocycles. The Labute approximate surface area is 137 Å². The zero-order chi connectivity index (χ0) is 17.3. The number of aromatic amines is 1. The van der Waals surface area contributed by atoms with Crippen molar-refractivity contribution in [2.75, 3.05) is 11.9 Å². The number of furan rings is 1. The summed E-state index contributed by atoms with van der Waals surface area (Å²) in [5, 5.41) is 2.86. The van der Waals surface area contributed by atoms with Gasteiger partial charge in [-0.15, -0.1) is 0 Å². The van der Waals surface area contributed by atoms with E-state index in [2.05, 4.69) is 15.3 Å². The first kappa shape index (κ1) is 15.6. The molecule has 0 saturated heterocycles. The van der Waals surface area contributed by atoms with E-state index in [1.807, 2.05) is 24.3 Å². The number of amides is 1. The molecule has 0 unspecified atom stereocenters. The fourth-order valence-electron chi connectivity index (χ4n) is 2.44. The molecule has 24 heavy (non-hydrogen) atoms. The number of fused-ring (bicyclic) bond motifs is 1. The minimum Gasteiger partial charge on any atom is -0.462 e. The monoisotopic (exact) mass is 328 g/mol. The molecule has 0 spiro atoms. The van der Waals surface area contributed by atoms with Crippen molar-refractivity contribution in [1.82, 2.24) is 9.97 Å². The van der Waals surface area contributed by atoms with Crippen molar-refractivity contribution in [1.29, 1.82) is 0 Å². The third-order valence-electron chi connectivity index (χ3n) is 3.43. The quantitative estimate of drug-likeness (QED) is 0.618. The van der Waals surface area contributed by atoms with Crippen LogP contribution in [0.3, 0.4) is 0 Å². The van der Waals surface area contributed by atoms with Gasteiger partial charge in [0.15, 0.2) is 0 Å². The molecule has 1 amide bonds. The third kappa shape index (κ3) is 2.69. The maximum Gasteiger partial charge on any atom is 0.342 e. The second kappa shape index (κ2) is 6.07. The number of carbonyl (C=O) groups is 2. The van der Waals surface area contributed by atoms with Crippen LogP contribution in [0.2, 0.25) is 0 Å². The average Bonchev–Trinajstić information content (AvgIpc) is 3.07. The lowest BCUT2D eigenvalue weighted by Crippen LogP contribution is -2.18. The number of hydrogen-bond donors (Lipinski definition) is 3. The molecule has 3 aromatic rings. The van der Waals surface area contributed by atoms with Crippen LogP contribution in [0.25, 0.3) is 11.0 Å². The SMILES string of the molecule is CCOC(=O)c1c(C)oc(Nc2nc3ccccc3[nH]2)c1C(N)=O. The van der Waals surface area contributed by atoms with E-state index in [4.69, 9.17) is 14.9 Å². The van der Waals surface area contributed by atoms with Crippen LogP contribution in [0.1, 0.15) is 33.4 Å². The molecule has 0 fully saturated rings. The second-order valence-electron chi connectivity index (χ2n) is 5.05. The van der Waals surface area contributed by atoms with Crippen molar-refractivity contribution >= 4 is 34.7 Å². The Morgan fingerprint density at radius 3 is 2.75 bits per heavy atom. The minimum atomic E-state index is -0.798. The number of hydrogen-bond acceptors (Lipinski definition) is 6. The predicted octanol–water partition coefficient (Wildman–Crippen LogP) is 2.48. The highest BCUT2D eigenvalue weighted by atomic mass is 16.5. The molecule has 124 valence electrons. The highest BCUT2D eigenvalue weighted by Gasteiger charge is 2.28. The van der Waals surface area contributed by atoms with Crippen LogP contribution in [0.5, 0.6) is 0 Å². The van der Waals surface area contributed by atoms with E-state index in [1.54, 1.807) is 13.8 Å². The van der Waals surface area contributed by atoms with E-state index in [-0.39, 0.29) is 29.4 Å². The van der Waals surface area contributed by atoms with Gasteiger partial charge in [-0.25, -0.2) is 9.78 Å². The zero-order valence-electron chi connectivity index (χ0n) is 13.2. The van der Waals surface area contributed by atoms with Gasteiger partial charge in [-0.05, 0) is 26.0 Å². The molecule has 0 aliphatic rings. The number of esters is 1. The fraction of sp³-hybridized carbons (Fsp3) is 0.188. The van der Waals surface area contributed by atoms with Crippen molar-refractivity contribution in [3.8, 4) is 0 Å². The van der Waals surface area contributed by atoms with Crippen LogP contribution in [-0.4, -0.2) is 28.5 Å². The summed E-state index contributed by atoms with van der Waals surface area (Å²) in [5.74, 6) is -0.815. The summed E-state index contributed by atoms with van der Waals surface area (Å²) in [5.41, 5.74) is 6.93. The standard InChI is InChI=1S/C16H16N4O4/c1-3-23-15(22)11-8(2)24-14(12(11)13(17)21)20-16-18-9-6-4-5-7-10(9)19-16/h4-7H,3H2,1-2H3,(H2,17,21)(H2,18,19,20). The number of aromatic nitrogens is 2. The van der Waals surface area contributed by atoms with Crippen molar-refractivity contribution in [2.24, 2.45) is 5.73 Å². The zero-order valence-corrected chi connectivity index (χ0v) is 13.2. The van der Waals surface area contributed by atoms with Gasteiger partial charge in [-0.3, -0.25) is 10.1 Å². The summed E-state index contributed by atoms with van der Waals surface area (Å²) < 4.78 is 10.5. The lowest BCUT2D eigenvalue weighted by molar-refractivity contribution is 0.0521. The summed E-state index contributed by atoms with van der Waals surface area (Å²) >= 11 is 0. The van der Waals surface area contributed by atoms with Gasteiger partial charge in [0, 0.05) is 0 Å². The number of rotatable bonds is 5. The number of H-pyrrole nitrogens is 1. The molecule has 0 bridgehead atoms. The Hall–Kier alpha value is -3.29. The highest BCUT2D eigenvalue weighted by Crippen LogP contribution is 2.30. The van der Waals surface area contributed by atoms with Crippen LogP contribution in [0.4, 0.5) is 11.8 Å². The number of nitrogens with zero attached hydrogens (tertiary/aromatic N) is 1. The molecule has 0 aliphatic heterocycles. The molecular formula is C16H16N4O4. The van der Waals surface area contributed by atoms with E-state index in [0.29, 0.717) is 5.95 Å². The molecule has 0 radical (unpaired) electrons. The predicted molar refractivity (Wildman–Crippen MR) is 87.3 cm³/mol. The smallest absolute Gasteiger partial charge is 0.342 e. The number of carbonyl (C=O) groups excluding carboxylic acids is 2. The molecule has 0 atom stereocenters. The Balaban J connectivity index is 2.02. The number of nitrogens with one attached hydrogen (secondary N) is 2. The molecule has 4 N–H and O–H groups in total. The normalized spacial score (nSPS) is 10.8. The largest absolute Gasteiger partial charge is 0.462 e. The molecule has 8 nitrogen and oxygen atoms in total. The molecule has 3 rings (SSSR count). The van der Waals surface area contributed by atoms with Gasteiger partial charge in [0.05, 0.1) is 17.6 Å². The topological polar surface area (TPSA) is 123 Å². The Morgan fingerprint density at radius 2 is 2.08 bits per heavy atom. The third-order valence-corrected chi connectivity index (χ3v) is 3.43. The van der Waals surface area contributed by atoms with Crippen molar-refractivity contribution < 1.29 is 18.7 Å². The van der Waals surface area contributed by atoms with Gasteiger partial charge in [0.25, 0.3) is 5.91 Å². The van der Waals surface area contributed by atoms with Crippen LogP contribution < -0.4 is 11.1 Å². The molecule has 0 saturated carbocycles. The number of benzene rings is 1. The van der Waals surface area contributed by atoms with Gasteiger partial charge in [-0.2, -0.15) is 0 Å². The maximum absolute atomic E-state index is 12.1. The number of aryl methyl sites for hydroxylation is 1. The van der Waals surface area contributed by atoms with Gasteiger partial charge in [0.2, 0.25) is 11.8 Å². The molecular weight excluding hydrogens is 312 g/mol. The lowest BCUT2D eigenvalue weighted by Gasteiger charge is -2.03. The Kier molecular flexibility index (Phi) is 3.95. The van der Waals surface area contributed by atoms with Gasteiger partial charge < -0.3 is 19.9 Å². The molecule has 2 heterocycles. The number of anilines is 2.